The van der Waals surface area contributed by atoms with Crippen LogP contribution in [0, 0.1) is 6.92 Å². The zero-order valence-electron chi connectivity index (χ0n) is 8.75. The van der Waals surface area contributed by atoms with Gasteiger partial charge in [0, 0.05) is 4.47 Å². The first-order valence-corrected chi connectivity index (χ1v) is 5.38. The lowest BCUT2D eigenvalue weighted by Crippen LogP contribution is -2.07. The molecule has 0 saturated heterocycles. The lowest BCUT2D eigenvalue weighted by molar-refractivity contribution is -0.141. The monoisotopic (exact) mass is 272 g/mol. The fourth-order valence-electron chi connectivity index (χ4n) is 1.12. The number of halogens is 1. The third-order valence-electron chi connectivity index (χ3n) is 1.93. The van der Waals surface area contributed by atoms with Gasteiger partial charge >= 0.3 is 5.97 Å². The average molecular weight is 273 g/mol. The summed E-state index contributed by atoms with van der Waals surface area (Å²) in [6.45, 7) is 2.30. The first-order valence-electron chi connectivity index (χ1n) is 4.59. The van der Waals surface area contributed by atoms with Crippen LogP contribution in [0.5, 0.6) is 5.75 Å². The van der Waals surface area contributed by atoms with E-state index in [4.69, 9.17) is 4.74 Å². The second-order valence-electron chi connectivity index (χ2n) is 3.08. The summed E-state index contributed by atoms with van der Waals surface area (Å²) in [7, 11) is 1.37. The number of rotatable bonds is 4. The molecule has 0 aromatic heterocycles. The van der Waals surface area contributed by atoms with Crippen LogP contribution in [-0.4, -0.2) is 19.7 Å². The molecule has 0 unspecified atom stereocenters. The van der Waals surface area contributed by atoms with Crippen molar-refractivity contribution in [3.63, 3.8) is 0 Å². The Balaban J connectivity index is 2.47. The molecule has 1 aromatic carbocycles. The van der Waals surface area contributed by atoms with Crippen LogP contribution in [0.4, 0.5) is 0 Å². The Morgan fingerprint density at radius 3 is 2.80 bits per heavy atom. The van der Waals surface area contributed by atoms with Gasteiger partial charge in [-0.15, -0.1) is 0 Å². The maximum absolute atomic E-state index is 10.8. The van der Waals surface area contributed by atoms with E-state index in [-0.39, 0.29) is 12.4 Å². The number of aryl methyl sites for hydroxylation is 1. The van der Waals surface area contributed by atoms with Crippen molar-refractivity contribution in [3.8, 4) is 5.75 Å². The highest BCUT2D eigenvalue weighted by atomic mass is 79.9. The van der Waals surface area contributed by atoms with Crippen LogP contribution in [0.3, 0.4) is 0 Å². The van der Waals surface area contributed by atoms with Crippen molar-refractivity contribution in [1.29, 1.82) is 0 Å². The molecule has 15 heavy (non-hydrogen) atoms. The van der Waals surface area contributed by atoms with E-state index < -0.39 is 0 Å². The molecule has 0 radical (unpaired) electrons. The fourth-order valence-corrected chi connectivity index (χ4v) is 1.60. The Morgan fingerprint density at radius 1 is 1.47 bits per heavy atom. The lowest BCUT2D eigenvalue weighted by atomic mass is 10.2. The number of methoxy groups -OCH3 is 1. The maximum Gasteiger partial charge on any atom is 0.308 e. The number of hydrogen-bond acceptors (Lipinski definition) is 3. The van der Waals surface area contributed by atoms with Crippen molar-refractivity contribution in [2.45, 2.75) is 13.3 Å². The van der Waals surface area contributed by atoms with E-state index in [2.05, 4.69) is 20.7 Å². The van der Waals surface area contributed by atoms with Crippen molar-refractivity contribution < 1.29 is 14.3 Å². The fraction of sp³-hybridized carbons (Fsp3) is 0.364. The van der Waals surface area contributed by atoms with Gasteiger partial charge in [-0.1, -0.05) is 15.9 Å². The van der Waals surface area contributed by atoms with Gasteiger partial charge in [0.2, 0.25) is 0 Å². The molecular formula is C11H13BrO3. The predicted molar refractivity (Wildman–Crippen MR) is 61.0 cm³/mol. The standard InChI is InChI=1S/C11H13BrO3/c1-8-7-9(12)3-4-10(8)15-6-5-11(13)14-2/h3-4,7H,5-6H2,1-2H3. The van der Waals surface area contributed by atoms with Crippen molar-refractivity contribution in [2.24, 2.45) is 0 Å². The van der Waals surface area contributed by atoms with E-state index in [1.165, 1.54) is 7.11 Å². The molecule has 0 fully saturated rings. The van der Waals surface area contributed by atoms with E-state index in [9.17, 15) is 4.79 Å². The third-order valence-corrected chi connectivity index (χ3v) is 2.42. The Morgan fingerprint density at radius 2 is 2.20 bits per heavy atom. The van der Waals surface area contributed by atoms with Crippen LogP contribution in [0.1, 0.15) is 12.0 Å². The normalized spacial score (nSPS) is 9.80. The minimum absolute atomic E-state index is 0.259. The summed E-state index contributed by atoms with van der Waals surface area (Å²) in [6, 6.07) is 5.74. The van der Waals surface area contributed by atoms with Gasteiger partial charge in [0.15, 0.2) is 0 Å². The average Bonchev–Trinajstić information content (AvgIpc) is 2.21. The van der Waals surface area contributed by atoms with Gasteiger partial charge < -0.3 is 9.47 Å². The molecule has 0 aliphatic carbocycles. The molecule has 0 saturated carbocycles. The molecule has 0 heterocycles. The molecule has 4 heteroatoms. The summed E-state index contributed by atoms with van der Waals surface area (Å²) in [5, 5.41) is 0. The van der Waals surface area contributed by atoms with E-state index in [1.54, 1.807) is 0 Å². The summed E-state index contributed by atoms with van der Waals surface area (Å²) < 4.78 is 11.0. The first-order chi connectivity index (χ1) is 7.13. The predicted octanol–water partition coefficient (Wildman–Crippen LogP) is 2.70. The number of ether oxygens (including phenoxy) is 2. The van der Waals surface area contributed by atoms with Crippen LogP contribution in [0.25, 0.3) is 0 Å². The third kappa shape index (κ3) is 3.91. The number of carbonyl (C=O) groups is 1. The summed E-state index contributed by atoms with van der Waals surface area (Å²) >= 11 is 3.37. The van der Waals surface area contributed by atoms with Crippen molar-refractivity contribution in [2.75, 3.05) is 13.7 Å². The highest BCUT2D eigenvalue weighted by molar-refractivity contribution is 9.10. The van der Waals surface area contributed by atoms with Crippen LogP contribution >= 0.6 is 15.9 Å². The summed E-state index contributed by atoms with van der Waals surface area (Å²) in [6.07, 6.45) is 0.270. The van der Waals surface area contributed by atoms with E-state index in [0.29, 0.717) is 6.61 Å². The smallest absolute Gasteiger partial charge is 0.308 e. The quantitative estimate of drug-likeness (QED) is 0.791. The van der Waals surface area contributed by atoms with Crippen molar-refractivity contribution in [1.82, 2.24) is 0 Å². The molecule has 0 aliphatic heterocycles. The van der Waals surface area contributed by atoms with Gasteiger partial charge in [-0.05, 0) is 30.7 Å². The Labute approximate surface area is 97.5 Å². The van der Waals surface area contributed by atoms with E-state index >= 15 is 0 Å². The molecular weight excluding hydrogens is 260 g/mol. The summed E-state index contributed by atoms with van der Waals surface area (Å²) in [5.74, 6) is 0.534. The van der Waals surface area contributed by atoms with Gasteiger partial charge in [-0.2, -0.15) is 0 Å². The van der Waals surface area contributed by atoms with Gasteiger partial charge in [-0.25, -0.2) is 0 Å². The second kappa shape index (κ2) is 5.75. The molecule has 82 valence electrons. The second-order valence-corrected chi connectivity index (χ2v) is 4.00. The maximum atomic E-state index is 10.8. The number of carbonyl (C=O) groups excluding carboxylic acids is 1. The molecule has 3 nitrogen and oxygen atoms in total. The van der Waals surface area contributed by atoms with Crippen LogP contribution in [0.2, 0.25) is 0 Å². The Bertz CT molecular complexity index is 350. The summed E-state index contributed by atoms with van der Waals surface area (Å²) in [4.78, 5) is 10.8. The molecule has 0 atom stereocenters. The molecule has 0 bridgehead atoms. The van der Waals surface area contributed by atoms with Gasteiger partial charge in [-0.3, -0.25) is 4.79 Å². The van der Waals surface area contributed by atoms with E-state index in [0.717, 1.165) is 15.8 Å². The molecule has 0 N–H and O–H groups in total. The topological polar surface area (TPSA) is 35.5 Å². The van der Waals surface area contributed by atoms with Gasteiger partial charge in [0.1, 0.15) is 5.75 Å². The summed E-state index contributed by atoms with van der Waals surface area (Å²) in [5.41, 5.74) is 1.04. The Hall–Kier alpha value is -1.03. The molecule has 0 aliphatic rings. The minimum atomic E-state index is -0.259. The highest BCUT2D eigenvalue weighted by Crippen LogP contribution is 2.22. The van der Waals surface area contributed by atoms with Crippen LogP contribution in [0.15, 0.2) is 22.7 Å². The number of benzene rings is 1. The Kier molecular flexibility index (Phi) is 4.62. The van der Waals surface area contributed by atoms with Crippen molar-refractivity contribution in [3.05, 3.63) is 28.2 Å². The number of hydrogen-bond donors (Lipinski definition) is 0. The van der Waals surface area contributed by atoms with Crippen molar-refractivity contribution >= 4 is 21.9 Å². The van der Waals surface area contributed by atoms with Crippen LogP contribution in [-0.2, 0) is 9.53 Å². The van der Waals surface area contributed by atoms with E-state index in [1.807, 2.05) is 25.1 Å². The van der Waals surface area contributed by atoms with Crippen LogP contribution < -0.4 is 4.74 Å². The largest absolute Gasteiger partial charge is 0.493 e. The number of esters is 1. The minimum Gasteiger partial charge on any atom is -0.493 e. The SMILES string of the molecule is COC(=O)CCOc1ccc(Br)cc1C. The molecule has 1 rings (SSSR count). The highest BCUT2D eigenvalue weighted by Gasteiger charge is 2.03. The first kappa shape index (κ1) is 12.0. The molecule has 0 spiro atoms. The molecule has 0 amide bonds. The van der Waals surface area contributed by atoms with Gasteiger partial charge in [0.25, 0.3) is 0 Å². The zero-order chi connectivity index (χ0) is 11.3. The zero-order valence-corrected chi connectivity index (χ0v) is 10.3. The molecule has 1 aromatic rings. The lowest BCUT2D eigenvalue weighted by Gasteiger charge is -2.08. The van der Waals surface area contributed by atoms with Gasteiger partial charge in [0.05, 0.1) is 20.1 Å².